The van der Waals surface area contributed by atoms with Gasteiger partial charge in [-0.05, 0) is 75.1 Å². The van der Waals surface area contributed by atoms with Gasteiger partial charge in [0.2, 0.25) is 0 Å². The van der Waals surface area contributed by atoms with Crippen LogP contribution in [0.4, 0.5) is 0 Å². The number of phenols is 1. The van der Waals surface area contributed by atoms with Gasteiger partial charge in [0.15, 0.2) is 0 Å². The van der Waals surface area contributed by atoms with Gasteiger partial charge in [0.25, 0.3) is 0 Å². The molecule has 0 amide bonds. The number of hydrogen-bond donors (Lipinski definition) is 1. The molecule has 0 aliphatic carbocycles. The van der Waals surface area contributed by atoms with Crippen LogP contribution in [0.15, 0.2) is 36.4 Å². The molecule has 1 saturated heterocycles. The highest BCUT2D eigenvalue weighted by atomic mass is 31.1. The topological polar surface area (TPSA) is 23.5 Å². The van der Waals surface area contributed by atoms with Crippen molar-refractivity contribution in [3.8, 4) is 5.75 Å². The van der Waals surface area contributed by atoms with Gasteiger partial charge in [-0.1, -0.05) is 64.7 Å². The number of benzene rings is 2. The zero-order valence-corrected chi connectivity index (χ0v) is 19.0. The molecule has 0 radical (unpaired) electrons. The molecule has 152 valence electrons. The van der Waals surface area contributed by atoms with E-state index in [-0.39, 0.29) is 5.16 Å². The summed E-state index contributed by atoms with van der Waals surface area (Å²) in [5.74, 6) is 0.452. The van der Waals surface area contributed by atoms with Gasteiger partial charge < -0.3 is 5.11 Å². The quantitative estimate of drug-likeness (QED) is 0.578. The third-order valence-corrected chi connectivity index (χ3v) is 8.86. The molecule has 3 heteroatoms. The first-order valence-electron chi connectivity index (χ1n) is 10.9. The normalized spacial score (nSPS) is 16.1. The van der Waals surface area contributed by atoms with Crippen LogP contribution >= 0.6 is 8.58 Å². The molecule has 28 heavy (non-hydrogen) atoms. The Labute approximate surface area is 173 Å². The number of aryl methyl sites for hydroxylation is 2. The van der Waals surface area contributed by atoms with Crippen LogP contribution in [0.1, 0.15) is 68.2 Å². The van der Waals surface area contributed by atoms with Gasteiger partial charge in [-0.15, -0.1) is 0 Å². The molecule has 0 bridgehead atoms. The predicted octanol–water partition coefficient (Wildman–Crippen LogP) is 6.01. The van der Waals surface area contributed by atoms with Crippen molar-refractivity contribution in [1.82, 2.24) is 4.90 Å². The van der Waals surface area contributed by atoms with Gasteiger partial charge in [0, 0.05) is 17.3 Å². The second kappa shape index (κ2) is 9.42. The maximum Gasteiger partial charge on any atom is 0.119 e. The molecule has 2 nitrogen and oxygen atoms in total. The van der Waals surface area contributed by atoms with Crippen LogP contribution in [0.3, 0.4) is 0 Å². The van der Waals surface area contributed by atoms with E-state index in [4.69, 9.17) is 0 Å². The lowest BCUT2D eigenvalue weighted by atomic mass is 9.91. The van der Waals surface area contributed by atoms with E-state index in [1.54, 1.807) is 0 Å². The average Bonchev–Trinajstić information content (AvgIpc) is 2.71. The van der Waals surface area contributed by atoms with E-state index in [2.05, 4.69) is 56.9 Å². The van der Waals surface area contributed by atoms with Crippen molar-refractivity contribution in [3.05, 3.63) is 58.7 Å². The number of phenolic OH excluding ortho intramolecular Hbond substituents is 1. The Morgan fingerprint density at radius 2 is 1.71 bits per heavy atom. The Bertz CT molecular complexity index is 791. The Balaban J connectivity index is 1.98. The van der Waals surface area contributed by atoms with Crippen molar-refractivity contribution >= 4 is 13.9 Å². The molecule has 1 N–H and O–H groups in total. The molecule has 1 atom stereocenters. The molecule has 1 aliphatic heterocycles. The van der Waals surface area contributed by atoms with E-state index in [0.29, 0.717) is 14.3 Å². The third kappa shape index (κ3) is 4.61. The maximum atomic E-state index is 10.7. The van der Waals surface area contributed by atoms with Crippen LogP contribution in [0.5, 0.6) is 5.75 Å². The first kappa shape index (κ1) is 21.3. The summed E-state index contributed by atoms with van der Waals surface area (Å²) < 4.78 is 0. The minimum absolute atomic E-state index is 0.00113. The highest BCUT2D eigenvalue weighted by molar-refractivity contribution is 7.48. The van der Waals surface area contributed by atoms with Crippen LogP contribution < -0.4 is 5.30 Å². The maximum absolute atomic E-state index is 10.7. The van der Waals surface area contributed by atoms with Crippen LogP contribution in [0.2, 0.25) is 0 Å². The molecule has 0 spiro atoms. The first-order valence-corrected chi connectivity index (χ1v) is 11.9. The SMILES string of the molecule is CCC(CC)(Pc1c(C)cccc1CN1CCCCC1)c1cc(C)ccc1O. The highest BCUT2D eigenvalue weighted by Gasteiger charge is 2.33. The molecule has 1 heterocycles. The summed E-state index contributed by atoms with van der Waals surface area (Å²) in [6, 6.07) is 12.9. The van der Waals surface area contributed by atoms with E-state index in [0.717, 1.165) is 24.9 Å². The Hall–Kier alpha value is -1.37. The monoisotopic (exact) mass is 397 g/mol. The molecule has 0 aromatic heterocycles. The largest absolute Gasteiger partial charge is 0.508 e. The molecule has 1 aliphatic rings. The van der Waals surface area contributed by atoms with Crippen LogP contribution in [0.25, 0.3) is 0 Å². The Morgan fingerprint density at radius 1 is 1.00 bits per heavy atom. The lowest BCUT2D eigenvalue weighted by Crippen LogP contribution is -2.32. The molecule has 2 aromatic carbocycles. The van der Waals surface area contributed by atoms with Crippen LogP contribution in [0, 0.1) is 13.8 Å². The standard InChI is InChI=1S/C25H36NOP/c1-5-25(6-2,22-17-19(3)13-14-23(22)27)28-24-20(4)11-10-12-21(24)18-26-15-8-7-9-16-26/h10-14,17,27-28H,5-9,15-16,18H2,1-4H3. The lowest BCUT2D eigenvalue weighted by Gasteiger charge is -2.35. The van der Waals surface area contributed by atoms with E-state index >= 15 is 0 Å². The molecule has 3 rings (SSSR count). The van der Waals surface area contributed by atoms with Crippen LogP contribution in [-0.4, -0.2) is 23.1 Å². The summed E-state index contributed by atoms with van der Waals surface area (Å²) in [6.45, 7) is 12.4. The zero-order valence-electron chi connectivity index (χ0n) is 18.0. The van der Waals surface area contributed by atoms with Crippen molar-refractivity contribution in [2.75, 3.05) is 13.1 Å². The number of likely N-dealkylation sites (tertiary alicyclic amines) is 1. The van der Waals surface area contributed by atoms with E-state index in [1.165, 1.54) is 54.3 Å². The van der Waals surface area contributed by atoms with Crippen molar-refractivity contribution < 1.29 is 5.11 Å². The molecule has 2 aromatic rings. The second-order valence-corrected chi connectivity index (χ2v) is 10.1. The highest BCUT2D eigenvalue weighted by Crippen LogP contribution is 2.50. The molecule has 1 fully saturated rings. The third-order valence-electron chi connectivity index (χ3n) is 6.44. The summed E-state index contributed by atoms with van der Waals surface area (Å²) in [7, 11) is 0.668. The molecular weight excluding hydrogens is 361 g/mol. The van der Waals surface area contributed by atoms with E-state index < -0.39 is 0 Å². The summed E-state index contributed by atoms with van der Waals surface area (Å²) in [5.41, 5.74) is 5.23. The summed E-state index contributed by atoms with van der Waals surface area (Å²) in [5, 5.41) is 12.2. The average molecular weight is 398 g/mol. The van der Waals surface area contributed by atoms with Crippen molar-refractivity contribution in [2.24, 2.45) is 0 Å². The van der Waals surface area contributed by atoms with Crippen molar-refractivity contribution in [3.63, 3.8) is 0 Å². The van der Waals surface area contributed by atoms with Gasteiger partial charge >= 0.3 is 0 Å². The fourth-order valence-electron chi connectivity index (χ4n) is 4.55. The van der Waals surface area contributed by atoms with Gasteiger partial charge in [-0.25, -0.2) is 0 Å². The number of rotatable bonds is 7. The molecular formula is C25H36NOP. The molecule has 0 saturated carbocycles. The minimum atomic E-state index is -0.00113. The predicted molar refractivity (Wildman–Crippen MR) is 123 cm³/mol. The fraction of sp³-hybridized carbons (Fsp3) is 0.520. The fourth-order valence-corrected chi connectivity index (χ4v) is 6.32. The number of hydrogen-bond acceptors (Lipinski definition) is 2. The molecule has 1 unspecified atom stereocenters. The second-order valence-electron chi connectivity index (χ2n) is 8.38. The van der Waals surface area contributed by atoms with Crippen molar-refractivity contribution in [1.29, 1.82) is 0 Å². The summed E-state index contributed by atoms with van der Waals surface area (Å²) >= 11 is 0. The van der Waals surface area contributed by atoms with Crippen LogP contribution in [-0.2, 0) is 11.7 Å². The number of aromatic hydroxyl groups is 1. The first-order chi connectivity index (χ1) is 13.5. The smallest absolute Gasteiger partial charge is 0.119 e. The zero-order chi connectivity index (χ0) is 20.1. The number of nitrogens with zero attached hydrogens (tertiary/aromatic N) is 1. The number of piperidine rings is 1. The Morgan fingerprint density at radius 3 is 2.39 bits per heavy atom. The van der Waals surface area contributed by atoms with Gasteiger partial charge in [-0.3, -0.25) is 4.90 Å². The summed E-state index contributed by atoms with van der Waals surface area (Å²) in [6.07, 6.45) is 6.11. The minimum Gasteiger partial charge on any atom is -0.508 e. The Kier molecular flexibility index (Phi) is 7.18. The van der Waals surface area contributed by atoms with Gasteiger partial charge in [-0.2, -0.15) is 0 Å². The summed E-state index contributed by atoms with van der Waals surface area (Å²) in [4.78, 5) is 2.62. The van der Waals surface area contributed by atoms with E-state index in [9.17, 15) is 5.11 Å². The van der Waals surface area contributed by atoms with Crippen molar-refractivity contribution in [2.45, 2.75) is 71.5 Å². The van der Waals surface area contributed by atoms with Gasteiger partial charge in [0.05, 0.1) is 0 Å². The lowest BCUT2D eigenvalue weighted by molar-refractivity contribution is 0.221. The van der Waals surface area contributed by atoms with Gasteiger partial charge in [0.1, 0.15) is 5.75 Å². The van der Waals surface area contributed by atoms with E-state index in [1.807, 2.05) is 12.1 Å².